The second-order valence-corrected chi connectivity index (χ2v) is 12.5. The van der Waals surface area contributed by atoms with Gasteiger partial charge in [0.25, 0.3) is 11.8 Å². The van der Waals surface area contributed by atoms with Crippen molar-refractivity contribution in [1.29, 1.82) is 0 Å². The Labute approximate surface area is 311 Å². The van der Waals surface area contributed by atoms with Crippen molar-refractivity contribution in [2.24, 2.45) is 0 Å². The van der Waals surface area contributed by atoms with Crippen LogP contribution in [0.2, 0.25) is 10.0 Å². The van der Waals surface area contributed by atoms with E-state index in [1.165, 1.54) is 13.8 Å². The molecule has 0 aliphatic rings. The number of amides is 2. The molecular formula is C37H39BrCl2N4O6. The molecule has 2 atom stereocenters. The van der Waals surface area contributed by atoms with Crippen LogP contribution in [-0.2, 0) is 9.59 Å². The normalized spacial score (nSPS) is 12.2. The predicted octanol–water partition coefficient (Wildman–Crippen LogP) is 9.28. The highest BCUT2D eigenvalue weighted by Crippen LogP contribution is 2.25. The van der Waals surface area contributed by atoms with Gasteiger partial charge in [0, 0.05) is 26.8 Å². The fraction of sp³-hybridized carbons (Fsp3) is 0.243. The Balaban J connectivity index is 0.000000417. The third-order valence-electron chi connectivity index (χ3n) is 6.55. The van der Waals surface area contributed by atoms with Gasteiger partial charge in [-0.25, -0.2) is 9.69 Å². The summed E-state index contributed by atoms with van der Waals surface area (Å²) in [4.78, 5) is 30.6. The van der Waals surface area contributed by atoms with Gasteiger partial charge in [-0.05, 0) is 112 Å². The number of hydrogen-bond donors (Lipinski definition) is 5. The second-order valence-electron chi connectivity index (χ2n) is 11.0. The Kier molecular flexibility index (Phi) is 17.5. The number of ether oxygens (including phenoxy) is 1. The van der Waals surface area contributed by atoms with E-state index in [2.05, 4.69) is 36.3 Å². The molecule has 0 bridgehead atoms. The summed E-state index contributed by atoms with van der Waals surface area (Å²) in [6, 6.07) is 22.9. The van der Waals surface area contributed by atoms with Crippen LogP contribution in [-0.4, -0.2) is 50.3 Å². The lowest BCUT2D eigenvalue weighted by molar-refractivity contribution is -0.135. The number of alkyl halides is 1. The fourth-order valence-corrected chi connectivity index (χ4v) is 4.08. The first-order valence-electron chi connectivity index (χ1n) is 14.4. The van der Waals surface area contributed by atoms with Crippen LogP contribution in [0.15, 0.2) is 84.9 Å². The third-order valence-corrected chi connectivity index (χ3v) is 8.14. The van der Waals surface area contributed by atoms with E-state index in [1.807, 2.05) is 0 Å². The molecule has 0 aliphatic carbocycles. The summed E-state index contributed by atoms with van der Waals surface area (Å²) in [6.45, 7) is 20.1. The van der Waals surface area contributed by atoms with Crippen LogP contribution in [0.5, 0.6) is 11.5 Å². The summed E-state index contributed by atoms with van der Waals surface area (Å²) in [5.41, 5.74) is 0.522. The maximum atomic E-state index is 12.3. The second kappa shape index (κ2) is 20.1. The summed E-state index contributed by atoms with van der Waals surface area (Å²) in [6.07, 6.45) is 0. The number of aliphatic hydroxyl groups is 2. The zero-order chi connectivity index (χ0) is 36.8. The molecule has 2 amide bonds. The maximum Gasteiger partial charge on any atom is 0.259 e. The first-order chi connectivity index (χ1) is 23.0. The van der Waals surface area contributed by atoms with Gasteiger partial charge in [-0.2, -0.15) is 0 Å². The number of rotatable bonds is 8. The highest BCUT2D eigenvalue weighted by atomic mass is 79.9. The van der Waals surface area contributed by atoms with Crippen molar-refractivity contribution in [2.75, 3.05) is 22.6 Å². The lowest BCUT2D eigenvalue weighted by Crippen LogP contribution is -2.45. The van der Waals surface area contributed by atoms with Crippen LogP contribution < -0.4 is 15.4 Å². The van der Waals surface area contributed by atoms with Gasteiger partial charge in [-0.1, -0.05) is 58.7 Å². The number of anilines is 2. The molecule has 264 valence electrons. The minimum absolute atomic E-state index is 0. The van der Waals surface area contributed by atoms with Gasteiger partial charge in [-0.15, -0.1) is 0 Å². The number of hydrogen-bond acceptors (Lipinski definition) is 6. The molecule has 0 unspecified atom stereocenters. The molecule has 0 saturated heterocycles. The molecule has 0 fully saturated rings. The van der Waals surface area contributed by atoms with Crippen molar-refractivity contribution in [2.45, 2.75) is 46.3 Å². The van der Waals surface area contributed by atoms with Crippen LogP contribution in [0.1, 0.15) is 32.4 Å². The SMILES string of the molecule is C.Oc1ccc(Cl)cc1.[C-]#[N+]c1ccc(NC(=O)[C@@](C)(O)CBr)cc1C.[C-]#[N+]c1ccc(NC(=O)[C@@](C)(O)COc2ccc(Cl)cc2)cc1C. The number of phenols is 1. The van der Waals surface area contributed by atoms with Gasteiger partial charge in [0.1, 0.15) is 23.7 Å². The van der Waals surface area contributed by atoms with E-state index in [4.69, 9.17) is 46.2 Å². The first-order valence-corrected chi connectivity index (χ1v) is 16.3. The van der Waals surface area contributed by atoms with E-state index in [1.54, 1.807) is 98.8 Å². The number of phenolic OH excluding ortho intramolecular Hbond substituents is 1. The van der Waals surface area contributed by atoms with Gasteiger partial charge < -0.3 is 30.7 Å². The highest BCUT2D eigenvalue weighted by Gasteiger charge is 2.32. The molecule has 4 aromatic carbocycles. The standard InChI is InChI=1S/C18H17ClN2O3.C12H13BrN2O2.C6H5ClO.CH4/c1-12-10-14(6-9-16(12)20-3)21-17(22)18(2,23)11-24-15-7-4-13(19)5-8-15;1-8-6-9(4-5-10(8)14-3)15-11(16)12(2,17)7-13;7-5-1-3-6(8)4-2-5;/h4-10,23H,11H2,1-2H3,(H,21,22);4-6,17H,7H2,1-2H3,(H,15,16);1-4,8H;1H4/t18-;12-;;/m00../s1. The van der Waals surface area contributed by atoms with Crippen molar-refractivity contribution >= 4 is 73.7 Å². The molecule has 0 spiro atoms. The number of aromatic hydroxyl groups is 1. The lowest BCUT2D eigenvalue weighted by Gasteiger charge is -2.22. The molecule has 4 aromatic rings. The molecule has 13 heteroatoms. The van der Waals surface area contributed by atoms with E-state index >= 15 is 0 Å². The van der Waals surface area contributed by atoms with Crippen LogP contribution in [0.25, 0.3) is 9.69 Å². The van der Waals surface area contributed by atoms with E-state index in [0.717, 1.165) is 11.1 Å². The van der Waals surface area contributed by atoms with Crippen molar-refractivity contribution in [1.82, 2.24) is 0 Å². The predicted molar refractivity (Wildman–Crippen MR) is 204 cm³/mol. The summed E-state index contributed by atoms with van der Waals surface area (Å²) < 4.78 is 5.44. The number of nitrogens with zero attached hydrogens (tertiary/aromatic N) is 2. The van der Waals surface area contributed by atoms with Gasteiger partial charge in [-0.3, -0.25) is 9.59 Å². The Morgan fingerprint density at radius 1 is 0.760 bits per heavy atom. The van der Waals surface area contributed by atoms with Crippen LogP contribution in [0, 0.1) is 27.0 Å². The Bertz CT molecular complexity index is 1800. The van der Waals surface area contributed by atoms with E-state index < -0.39 is 23.0 Å². The Morgan fingerprint density at radius 2 is 1.16 bits per heavy atom. The molecule has 5 N–H and O–H groups in total. The molecule has 50 heavy (non-hydrogen) atoms. The molecular weight excluding hydrogens is 747 g/mol. The number of carbonyl (C=O) groups excluding carboxylic acids is 2. The average molecular weight is 787 g/mol. The minimum Gasteiger partial charge on any atom is -0.508 e. The topological polar surface area (TPSA) is 137 Å². The zero-order valence-electron chi connectivity index (χ0n) is 27.1. The third kappa shape index (κ3) is 14.1. The largest absolute Gasteiger partial charge is 0.508 e. The van der Waals surface area contributed by atoms with Crippen LogP contribution in [0.3, 0.4) is 0 Å². The average Bonchev–Trinajstić information content (AvgIpc) is 3.06. The van der Waals surface area contributed by atoms with E-state index in [-0.39, 0.29) is 25.1 Å². The fourth-order valence-electron chi connectivity index (χ4n) is 3.57. The number of aryl methyl sites for hydroxylation is 2. The molecule has 10 nitrogen and oxygen atoms in total. The van der Waals surface area contributed by atoms with Crippen molar-refractivity contribution in [3.63, 3.8) is 0 Å². The first kappa shape index (κ1) is 43.4. The number of carbonyl (C=O) groups is 2. The van der Waals surface area contributed by atoms with Gasteiger partial charge in [0.2, 0.25) is 0 Å². The van der Waals surface area contributed by atoms with Crippen molar-refractivity contribution < 1.29 is 29.6 Å². The van der Waals surface area contributed by atoms with E-state index in [0.29, 0.717) is 38.5 Å². The molecule has 0 saturated carbocycles. The van der Waals surface area contributed by atoms with Gasteiger partial charge in [0.15, 0.2) is 17.0 Å². The minimum atomic E-state index is -1.72. The monoisotopic (exact) mass is 784 g/mol. The molecule has 0 aromatic heterocycles. The van der Waals surface area contributed by atoms with Crippen LogP contribution >= 0.6 is 39.1 Å². The molecule has 4 rings (SSSR count). The lowest BCUT2D eigenvalue weighted by atomic mass is 10.1. The summed E-state index contributed by atoms with van der Waals surface area (Å²) >= 11 is 14.4. The maximum absolute atomic E-state index is 12.3. The molecule has 0 radical (unpaired) electrons. The number of benzene rings is 4. The highest BCUT2D eigenvalue weighted by molar-refractivity contribution is 9.09. The van der Waals surface area contributed by atoms with Gasteiger partial charge in [0.05, 0.1) is 13.1 Å². The quantitative estimate of drug-likeness (QED) is 0.0893. The summed E-state index contributed by atoms with van der Waals surface area (Å²) in [7, 11) is 0. The molecule has 0 aliphatic heterocycles. The van der Waals surface area contributed by atoms with Crippen molar-refractivity contribution in [3.8, 4) is 11.5 Å². The van der Waals surface area contributed by atoms with Crippen molar-refractivity contribution in [3.05, 3.63) is 129 Å². The Morgan fingerprint density at radius 3 is 1.52 bits per heavy atom. The summed E-state index contributed by atoms with van der Waals surface area (Å²) in [5, 5.41) is 35.3. The number of nitrogens with one attached hydrogen (secondary N) is 2. The smallest absolute Gasteiger partial charge is 0.259 e. The van der Waals surface area contributed by atoms with E-state index in [9.17, 15) is 19.8 Å². The summed E-state index contributed by atoms with van der Waals surface area (Å²) in [5.74, 6) is -0.324. The van der Waals surface area contributed by atoms with Gasteiger partial charge >= 0.3 is 0 Å². The Hall–Kier alpha value is -4.62. The number of halogens is 3. The zero-order valence-corrected chi connectivity index (χ0v) is 30.2. The van der Waals surface area contributed by atoms with Crippen LogP contribution in [0.4, 0.5) is 22.7 Å². The molecule has 0 heterocycles.